The van der Waals surface area contributed by atoms with Crippen molar-refractivity contribution in [3.63, 3.8) is 0 Å². The summed E-state index contributed by atoms with van der Waals surface area (Å²) < 4.78 is 19.1. The van der Waals surface area contributed by atoms with Crippen molar-refractivity contribution in [2.24, 2.45) is 0 Å². The summed E-state index contributed by atoms with van der Waals surface area (Å²) in [5.41, 5.74) is 1.65. The highest BCUT2D eigenvalue weighted by atomic mass is 28.4. The van der Waals surface area contributed by atoms with Crippen LogP contribution in [0.15, 0.2) is 72.8 Å². The molecule has 0 saturated carbocycles. The van der Waals surface area contributed by atoms with Crippen LogP contribution in [-0.4, -0.2) is 33.4 Å². The quantitative estimate of drug-likeness (QED) is 0.296. The molecular formula is C31H38O4Si. The number of ether oxygens (including phenoxy) is 2. The molecule has 4 nitrogen and oxygen atoms in total. The number of carbonyl (C=O) groups is 1. The minimum atomic E-state index is -2.76. The lowest BCUT2D eigenvalue weighted by Gasteiger charge is -2.45. The first-order valence-electron chi connectivity index (χ1n) is 12.9. The Kier molecular flexibility index (Phi) is 7.72. The highest BCUT2D eigenvalue weighted by Gasteiger charge is 2.51. The predicted octanol–water partition coefficient (Wildman–Crippen LogP) is 5.95. The number of Topliss-reactive ketones (excluding diaryl/α,β-unsaturated/α-hetero) is 1. The topological polar surface area (TPSA) is 44.8 Å². The maximum Gasteiger partial charge on any atom is 0.261 e. The molecule has 190 valence electrons. The van der Waals surface area contributed by atoms with Gasteiger partial charge in [-0.2, -0.15) is 0 Å². The summed E-state index contributed by atoms with van der Waals surface area (Å²) in [5, 5.41) is 2.30. The van der Waals surface area contributed by atoms with E-state index in [4.69, 9.17) is 13.9 Å². The SMILES string of the molecule is COc1ccc2c(c1OC(C)C)CCC(O[Si](c1ccccc1)(c1ccccc1)C(C)(C)C)CC2=O. The van der Waals surface area contributed by atoms with Gasteiger partial charge < -0.3 is 13.9 Å². The molecule has 0 saturated heterocycles. The number of ketones is 1. The van der Waals surface area contributed by atoms with E-state index in [-0.39, 0.29) is 23.0 Å². The zero-order valence-corrected chi connectivity index (χ0v) is 23.3. The van der Waals surface area contributed by atoms with Gasteiger partial charge in [-0.3, -0.25) is 4.79 Å². The number of benzene rings is 3. The minimum Gasteiger partial charge on any atom is -0.493 e. The second-order valence-electron chi connectivity index (χ2n) is 10.9. The van der Waals surface area contributed by atoms with Crippen LogP contribution in [-0.2, 0) is 10.8 Å². The van der Waals surface area contributed by atoms with Gasteiger partial charge in [0.25, 0.3) is 8.32 Å². The highest BCUT2D eigenvalue weighted by molar-refractivity contribution is 6.99. The molecule has 0 amide bonds. The van der Waals surface area contributed by atoms with E-state index in [0.29, 0.717) is 24.3 Å². The average Bonchev–Trinajstić information content (AvgIpc) is 3.01. The first-order chi connectivity index (χ1) is 17.2. The van der Waals surface area contributed by atoms with Crippen molar-refractivity contribution in [1.29, 1.82) is 0 Å². The fourth-order valence-electron chi connectivity index (χ4n) is 5.41. The Hall–Kier alpha value is -2.89. The molecule has 0 radical (unpaired) electrons. The average molecular weight is 503 g/mol. The molecule has 0 aliphatic heterocycles. The van der Waals surface area contributed by atoms with Crippen molar-refractivity contribution in [3.05, 3.63) is 83.9 Å². The molecule has 36 heavy (non-hydrogen) atoms. The van der Waals surface area contributed by atoms with Gasteiger partial charge >= 0.3 is 0 Å². The molecule has 1 unspecified atom stereocenters. The zero-order chi connectivity index (χ0) is 25.9. The van der Waals surface area contributed by atoms with Gasteiger partial charge in [0.15, 0.2) is 17.3 Å². The molecule has 3 aromatic rings. The molecule has 0 spiro atoms. The maximum atomic E-state index is 13.6. The predicted molar refractivity (Wildman–Crippen MR) is 149 cm³/mol. The third kappa shape index (κ3) is 5.00. The molecule has 0 N–H and O–H groups in total. The maximum absolute atomic E-state index is 13.6. The van der Waals surface area contributed by atoms with Crippen molar-refractivity contribution in [2.45, 2.75) is 71.1 Å². The molecule has 1 atom stereocenters. The van der Waals surface area contributed by atoms with Crippen LogP contribution in [0, 0.1) is 0 Å². The van der Waals surface area contributed by atoms with Gasteiger partial charge in [-0.25, -0.2) is 0 Å². The molecule has 0 heterocycles. The molecular weight excluding hydrogens is 464 g/mol. The Balaban J connectivity index is 1.77. The summed E-state index contributed by atoms with van der Waals surface area (Å²) in [7, 11) is -1.12. The number of hydrogen-bond acceptors (Lipinski definition) is 4. The van der Waals surface area contributed by atoms with E-state index in [9.17, 15) is 4.79 Å². The van der Waals surface area contributed by atoms with E-state index in [1.807, 2.05) is 38.1 Å². The lowest BCUT2D eigenvalue weighted by atomic mass is 10.0. The molecule has 0 fully saturated rings. The molecule has 5 heteroatoms. The fourth-order valence-corrected chi connectivity index (χ4v) is 10.1. The van der Waals surface area contributed by atoms with E-state index < -0.39 is 8.32 Å². The van der Waals surface area contributed by atoms with Crippen molar-refractivity contribution in [3.8, 4) is 11.5 Å². The van der Waals surface area contributed by atoms with E-state index in [1.54, 1.807) is 7.11 Å². The second kappa shape index (κ2) is 10.6. The van der Waals surface area contributed by atoms with E-state index in [2.05, 4.69) is 69.3 Å². The van der Waals surface area contributed by atoms with Gasteiger partial charge in [0.1, 0.15) is 0 Å². The second-order valence-corrected chi connectivity index (χ2v) is 15.1. The summed E-state index contributed by atoms with van der Waals surface area (Å²) in [5.74, 6) is 1.45. The molecule has 1 aliphatic rings. The van der Waals surface area contributed by atoms with Crippen LogP contribution in [0.1, 0.15) is 63.4 Å². The molecule has 3 aromatic carbocycles. The zero-order valence-electron chi connectivity index (χ0n) is 22.3. The first kappa shape index (κ1) is 26.2. The number of methoxy groups -OCH3 is 1. The van der Waals surface area contributed by atoms with Crippen molar-refractivity contribution in [2.75, 3.05) is 7.11 Å². The number of hydrogen-bond donors (Lipinski definition) is 0. The molecule has 4 rings (SSSR count). The fraction of sp³-hybridized carbons (Fsp3) is 0.387. The highest BCUT2D eigenvalue weighted by Crippen LogP contribution is 2.41. The summed E-state index contributed by atoms with van der Waals surface area (Å²) in [6.45, 7) is 10.8. The van der Waals surface area contributed by atoms with Crippen molar-refractivity contribution in [1.82, 2.24) is 0 Å². The van der Waals surface area contributed by atoms with Crippen LogP contribution in [0.2, 0.25) is 5.04 Å². The molecule has 0 bridgehead atoms. The van der Waals surface area contributed by atoms with Gasteiger partial charge in [0, 0.05) is 17.5 Å². The number of rotatable bonds is 7. The van der Waals surface area contributed by atoms with Crippen LogP contribution in [0.4, 0.5) is 0 Å². The smallest absolute Gasteiger partial charge is 0.261 e. The van der Waals surface area contributed by atoms with Crippen LogP contribution in [0.5, 0.6) is 11.5 Å². The van der Waals surface area contributed by atoms with Crippen LogP contribution in [0.25, 0.3) is 0 Å². The Morgan fingerprint density at radius 2 is 1.47 bits per heavy atom. The Labute approximate surface area is 216 Å². The Morgan fingerprint density at radius 1 is 0.889 bits per heavy atom. The van der Waals surface area contributed by atoms with Crippen LogP contribution in [0.3, 0.4) is 0 Å². The summed E-state index contributed by atoms with van der Waals surface area (Å²) in [6, 6.07) is 24.9. The summed E-state index contributed by atoms with van der Waals surface area (Å²) in [6.07, 6.45) is 1.57. The summed E-state index contributed by atoms with van der Waals surface area (Å²) >= 11 is 0. The molecule has 0 aromatic heterocycles. The van der Waals surface area contributed by atoms with Crippen LogP contribution >= 0.6 is 0 Å². The van der Waals surface area contributed by atoms with Crippen molar-refractivity contribution < 1.29 is 18.7 Å². The van der Waals surface area contributed by atoms with Gasteiger partial charge in [-0.1, -0.05) is 81.4 Å². The molecule has 1 aliphatic carbocycles. The first-order valence-corrected chi connectivity index (χ1v) is 14.8. The van der Waals surface area contributed by atoms with E-state index in [1.165, 1.54) is 10.4 Å². The van der Waals surface area contributed by atoms with Gasteiger partial charge in [-0.15, -0.1) is 0 Å². The Morgan fingerprint density at radius 3 is 1.97 bits per heavy atom. The van der Waals surface area contributed by atoms with Gasteiger partial charge in [0.05, 0.1) is 19.3 Å². The minimum absolute atomic E-state index is 0.0205. The standard InChI is InChI=1S/C31H38O4Si/c1-22(2)34-30-27-18-17-23(21-28(32)26(27)19-20-29(30)33-6)35-36(31(3,4)5,24-13-9-7-10-14-24)25-15-11-8-12-16-25/h7-16,19-20,22-23H,17-18,21H2,1-6H3. The monoisotopic (exact) mass is 502 g/mol. The number of fused-ring (bicyclic) bond motifs is 1. The van der Waals surface area contributed by atoms with Crippen LogP contribution < -0.4 is 19.8 Å². The normalized spacial score (nSPS) is 16.4. The van der Waals surface area contributed by atoms with E-state index >= 15 is 0 Å². The Bertz CT molecular complexity index is 1140. The lowest BCUT2D eigenvalue weighted by Crippen LogP contribution is -2.67. The summed E-state index contributed by atoms with van der Waals surface area (Å²) in [4.78, 5) is 13.6. The van der Waals surface area contributed by atoms with Gasteiger partial charge in [-0.05, 0) is 54.2 Å². The van der Waals surface area contributed by atoms with Crippen molar-refractivity contribution >= 4 is 24.5 Å². The third-order valence-corrected chi connectivity index (χ3v) is 12.1. The number of carbonyl (C=O) groups excluding carboxylic acids is 1. The van der Waals surface area contributed by atoms with Gasteiger partial charge in [0.2, 0.25) is 0 Å². The van der Waals surface area contributed by atoms with E-state index in [0.717, 1.165) is 17.5 Å². The largest absolute Gasteiger partial charge is 0.493 e. The third-order valence-electron chi connectivity index (χ3n) is 6.99. The lowest BCUT2D eigenvalue weighted by molar-refractivity contribution is 0.0899.